The summed E-state index contributed by atoms with van der Waals surface area (Å²) in [6, 6.07) is 11.6. The summed E-state index contributed by atoms with van der Waals surface area (Å²) in [6.45, 7) is 6.20. The fraction of sp³-hybridized carbons (Fsp3) is 0.300. The molecule has 0 radical (unpaired) electrons. The smallest absolute Gasteiger partial charge is 0.264 e. The van der Waals surface area contributed by atoms with Crippen molar-refractivity contribution < 1.29 is 9.53 Å². The Bertz CT molecular complexity index is 939. The highest BCUT2D eigenvalue weighted by atomic mass is 35.5. The largest absolute Gasteiger partial charge is 0.484 e. The van der Waals surface area contributed by atoms with Crippen molar-refractivity contribution in [2.24, 2.45) is 0 Å². The molecule has 26 heavy (non-hydrogen) atoms. The summed E-state index contributed by atoms with van der Waals surface area (Å²) in [7, 11) is 0. The van der Waals surface area contributed by atoms with Crippen LogP contribution in [0.1, 0.15) is 37.3 Å². The Morgan fingerprint density at radius 2 is 2.12 bits per heavy atom. The Hall–Kier alpha value is -2.11. The number of amides is 1. The summed E-state index contributed by atoms with van der Waals surface area (Å²) in [4.78, 5) is 16.6. The van der Waals surface area contributed by atoms with Gasteiger partial charge in [-0.2, -0.15) is 0 Å². The van der Waals surface area contributed by atoms with Crippen molar-refractivity contribution in [3.8, 4) is 5.75 Å². The van der Waals surface area contributed by atoms with Crippen LogP contribution >= 0.6 is 22.9 Å². The van der Waals surface area contributed by atoms with Crippen molar-refractivity contribution in [1.82, 2.24) is 4.98 Å². The molecule has 3 rings (SSSR count). The number of nitrogens with one attached hydrogen (secondary N) is 1. The van der Waals surface area contributed by atoms with Crippen molar-refractivity contribution in [2.45, 2.75) is 33.1 Å². The summed E-state index contributed by atoms with van der Waals surface area (Å²) < 4.78 is 6.60. The average Bonchev–Trinajstić information content (AvgIpc) is 3.03. The molecule has 1 unspecified atom stereocenters. The molecule has 0 bridgehead atoms. The van der Waals surface area contributed by atoms with Gasteiger partial charge in [-0.3, -0.25) is 10.1 Å². The van der Waals surface area contributed by atoms with Gasteiger partial charge in [-0.25, -0.2) is 4.98 Å². The number of carbonyl (C=O) groups excluding carboxylic acids is 1. The first-order chi connectivity index (χ1) is 12.5. The van der Waals surface area contributed by atoms with Crippen molar-refractivity contribution in [3.05, 3.63) is 52.5 Å². The van der Waals surface area contributed by atoms with Crippen molar-refractivity contribution in [1.29, 1.82) is 0 Å². The third kappa shape index (κ3) is 4.34. The number of hydrogen-bond donors (Lipinski definition) is 1. The Morgan fingerprint density at radius 1 is 1.31 bits per heavy atom. The van der Waals surface area contributed by atoms with Gasteiger partial charge in [-0.1, -0.05) is 42.9 Å². The average molecular weight is 389 g/mol. The molecule has 0 saturated carbocycles. The molecule has 6 heteroatoms. The lowest BCUT2D eigenvalue weighted by Gasteiger charge is -2.07. The summed E-state index contributed by atoms with van der Waals surface area (Å²) in [6.07, 6.45) is 1.09. The van der Waals surface area contributed by atoms with Crippen molar-refractivity contribution in [3.63, 3.8) is 0 Å². The second kappa shape index (κ2) is 8.06. The first-order valence-corrected chi connectivity index (χ1v) is 9.75. The maximum atomic E-state index is 12.1. The molecule has 0 fully saturated rings. The molecule has 136 valence electrons. The molecule has 1 aromatic heterocycles. The molecule has 4 nitrogen and oxygen atoms in total. The highest BCUT2D eigenvalue weighted by molar-refractivity contribution is 7.22. The Balaban J connectivity index is 1.64. The van der Waals surface area contributed by atoms with E-state index >= 15 is 0 Å². The molecule has 2 aromatic carbocycles. The van der Waals surface area contributed by atoms with E-state index in [2.05, 4.69) is 36.3 Å². The third-order valence-electron chi connectivity index (χ3n) is 4.34. The highest BCUT2D eigenvalue weighted by Crippen LogP contribution is 2.30. The minimum absolute atomic E-state index is 0.0743. The molecule has 1 heterocycles. The van der Waals surface area contributed by atoms with Crippen LogP contribution in [0.25, 0.3) is 10.2 Å². The zero-order valence-corrected chi connectivity index (χ0v) is 16.6. The SMILES string of the molecule is CCC(C)c1ccc2nc(NC(=O)COc3ccc(Cl)c(C)c3)sc2c1. The monoisotopic (exact) mass is 388 g/mol. The molecule has 1 N–H and O–H groups in total. The topological polar surface area (TPSA) is 51.2 Å². The van der Waals surface area contributed by atoms with Crippen LogP contribution in [0.2, 0.25) is 5.02 Å². The Kier molecular flexibility index (Phi) is 5.79. The minimum Gasteiger partial charge on any atom is -0.484 e. The van der Waals surface area contributed by atoms with Gasteiger partial charge in [0.15, 0.2) is 11.7 Å². The van der Waals surface area contributed by atoms with Crippen LogP contribution in [-0.4, -0.2) is 17.5 Å². The lowest BCUT2D eigenvalue weighted by Crippen LogP contribution is -2.20. The zero-order valence-electron chi connectivity index (χ0n) is 15.0. The molecule has 0 spiro atoms. The van der Waals surface area contributed by atoms with Gasteiger partial charge in [0.05, 0.1) is 10.2 Å². The van der Waals surface area contributed by atoms with Gasteiger partial charge in [0.25, 0.3) is 5.91 Å². The number of benzene rings is 2. The number of fused-ring (bicyclic) bond motifs is 1. The first-order valence-electron chi connectivity index (χ1n) is 8.55. The van der Waals surface area contributed by atoms with Gasteiger partial charge in [0.1, 0.15) is 5.75 Å². The van der Waals surface area contributed by atoms with Crippen LogP contribution in [0.4, 0.5) is 5.13 Å². The minimum atomic E-state index is -0.237. The summed E-state index contributed by atoms with van der Waals surface area (Å²) in [5.41, 5.74) is 3.10. The van der Waals surface area contributed by atoms with Crippen LogP contribution in [0.3, 0.4) is 0 Å². The van der Waals surface area contributed by atoms with Crippen molar-refractivity contribution >= 4 is 44.2 Å². The fourth-order valence-electron chi connectivity index (χ4n) is 2.55. The number of ether oxygens (including phenoxy) is 1. The van der Waals surface area contributed by atoms with E-state index in [-0.39, 0.29) is 12.5 Å². The number of rotatable bonds is 6. The van der Waals surface area contributed by atoms with Crippen LogP contribution < -0.4 is 10.1 Å². The molecule has 0 saturated heterocycles. The van der Waals surface area contributed by atoms with Gasteiger partial charge in [0.2, 0.25) is 0 Å². The third-order valence-corrected chi connectivity index (χ3v) is 5.70. The molecular formula is C20H21ClN2O2S. The molecule has 3 aromatic rings. The van der Waals surface area contributed by atoms with E-state index in [9.17, 15) is 4.79 Å². The molecule has 1 atom stereocenters. The number of aryl methyl sites for hydroxylation is 1. The predicted molar refractivity (Wildman–Crippen MR) is 109 cm³/mol. The molecule has 0 aliphatic rings. The second-order valence-corrected chi connectivity index (χ2v) is 7.74. The van der Waals surface area contributed by atoms with Gasteiger partial charge < -0.3 is 4.74 Å². The molecule has 0 aliphatic heterocycles. The maximum absolute atomic E-state index is 12.1. The fourth-order valence-corrected chi connectivity index (χ4v) is 3.60. The summed E-state index contributed by atoms with van der Waals surface area (Å²) >= 11 is 7.47. The second-order valence-electron chi connectivity index (χ2n) is 6.30. The molecule has 0 aliphatic carbocycles. The van der Waals surface area contributed by atoms with Crippen LogP contribution in [0.15, 0.2) is 36.4 Å². The standard InChI is InChI=1S/C20H21ClN2O2S/c1-4-12(2)14-5-8-17-18(10-14)26-20(22-17)23-19(24)11-25-15-6-7-16(21)13(3)9-15/h5-10,12H,4,11H2,1-3H3,(H,22,23,24). The number of hydrogen-bond acceptors (Lipinski definition) is 4. The lowest BCUT2D eigenvalue weighted by atomic mass is 9.99. The van der Waals surface area contributed by atoms with Crippen LogP contribution in [0, 0.1) is 6.92 Å². The Morgan fingerprint density at radius 3 is 2.85 bits per heavy atom. The number of halogens is 1. The van der Waals surface area contributed by atoms with E-state index in [1.807, 2.05) is 19.1 Å². The first kappa shape index (κ1) is 18.7. The number of thiazole rings is 1. The van der Waals surface area contributed by atoms with Gasteiger partial charge in [-0.05, 0) is 60.7 Å². The number of anilines is 1. The lowest BCUT2D eigenvalue weighted by molar-refractivity contribution is -0.118. The van der Waals surface area contributed by atoms with Gasteiger partial charge in [-0.15, -0.1) is 0 Å². The normalized spacial score (nSPS) is 12.2. The predicted octanol–water partition coefficient (Wildman–Crippen LogP) is 5.79. The summed E-state index contributed by atoms with van der Waals surface area (Å²) in [5, 5.41) is 4.07. The highest BCUT2D eigenvalue weighted by Gasteiger charge is 2.11. The molecular weight excluding hydrogens is 368 g/mol. The van der Waals surface area contributed by atoms with E-state index in [0.29, 0.717) is 21.8 Å². The zero-order chi connectivity index (χ0) is 18.7. The maximum Gasteiger partial charge on any atom is 0.264 e. The van der Waals surface area contributed by atoms with Crippen LogP contribution in [-0.2, 0) is 4.79 Å². The quantitative estimate of drug-likeness (QED) is 0.581. The van der Waals surface area contributed by atoms with E-state index in [1.165, 1.54) is 16.9 Å². The number of aromatic nitrogens is 1. The van der Waals surface area contributed by atoms with Crippen molar-refractivity contribution in [2.75, 3.05) is 11.9 Å². The van der Waals surface area contributed by atoms with E-state index in [0.717, 1.165) is 22.2 Å². The Labute approximate surface area is 162 Å². The van der Waals surface area contributed by atoms with Gasteiger partial charge in [0, 0.05) is 5.02 Å². The van der Waals surface area contributed by atoms with Gasteiger partial charge >= 0.3 is 0 Å². The van der Waals surface area contributed by atoms with E-state index in [4.69, 9.17) is 16.3 Å². The van der Waals surface area contributed by atoms with E-state index in [1.54, 1.807) is 12.1 Å². The van der Waals surface area contributed by atoms with Crippen LogP contribution in [0.5, 0.6) is 5.75 Å². The number of nitrogens with zero attached hydrogens (tertiary/aromatic N) is 1. The summed E-state index contributed by atoms with van der Waals surface area (Å²) in [5.74, 6) is 0.888. The van der Waals surface area contributed by atoms with E-state index < -0.39 is 0 Å². The molecule has 1 amide bonds. The number of carbonyl (C=O) groups is 1.